The SMILES string of the molecule is CC(C)[C@H]1C(=O)N2[C@H](C[C@]34C[C@@H]5[C@]6(C)CCCC(C)(C)[C@@H]6CC[C@@]5(C)N(c5ccccc53)[C@H]24)C(=O)N1C. The van der Waals surface area contributed by atoms with Crippen molar-refractivity contribution in [3.63, 3.8) is 0 Å². The molecule has 1 aromatic carbocycles. The summed E-state index contributed by atoms with van der Waals surface area (Å²) in [4.78, 5) is 34.7. The Morgan fingerprint density at radius 2 is 1.65 bits per heavy atom. The fourth-order valence-electron chi connectivity index (χ4n) is 11.3. The van der Waals surface area contributed by atoms with Crippen LogP contribution in [-0.4, -0.2) is 52.5 Å². The van der Waals surface area contributed by atoms with E-state index in [1.807, 2.05) is 7.05 Å². The molecule has 5 fully saturated rings. The van der Waals surface area contributed by atoms with Crippen molar-refractivity contribution in [1.29, 1.82) is 0 Å². The number of anilines is 1. The van der Waals surface area contributed by atoms with Crippen molar-refractivity contribution in [2.24, 2.45) is 28.6 Å². The Kier molecular flexibility index (Phi) is 4.63. The van der Waals surface area contributed by atoms with E-state index in [0.29, 0.717) is 11.3 Å². The molecule has 1 aromatic rings. The standard InChI is InChI=1S/C32H45N3O2/c1-19(2)25-27(37)34-22(26(36)33(25)7)17-32-18-24-30(5)15-10-14-29(3,4)23(30)13-16-31(24,6)35(28(32)34)21-12-9-8-11-20(21)32/h8-9,11-12,19,22-25,28H,10,13-18H2,1-7H3/t22-,23+,24-,25+,28+,30-,31-,32+/m1/s1. The highest BCUT2D eigenvalue weighted by molar-refractivity contribution is 5.99. The molecule has 8 atom stereocenters. The van der Waals surface area contributed by atoms with Gasteiger partial charge in [-0.2, -0.15) is 0 Å². The highest BCUT2D eigenvalue weighted by atomic mass is 16.2. The minimum atomic E-state index is -0.375. The highest BCUT2D eigenvalue weighted by Gasteiger charge is 2.75. The summed E-state index contributed by atoms with van der Waals surface area (Å²) in [6, 6.07) is 8.26. The Morgan fingerprint density at radius 3 is 2.38 bits per heavy atom. The first kappa shape index (κ1) is 24.0. The fraction of sp³-hybridized carbons (Fsp3) is 0.750. The lowest BCUT2D eigenvalue weighted by atomic mass is 9.42. The van der Waals surface area contributed by atoms with Gasteiger partial charge in [0.1, 0.15) is 18.2 Å². The van der Waals surface area contributed by atoms with Crippen LogP contribution in [0.4, 0.5) is 5.69 Å². The first-order valence-electron chi connectivity index (χ1n) is 14.9. The summed E-state index contributed by atoms with van der Waals surface area (Å²) in [6.07, 6.45) is 8.17. The Balaban J connectivity index is 1.42. The first-order valence-corrected chi connectivity index (χ1v) is 14.9. The van der Waals surface area contributed by atoms with Crippen LogP contribution in [0, 0.1) is 28.6 Å². The summed E-state index contributed by atoms with van der Waals surface area (Å²) in [5.74, 6) is 1.68. The van der Waals surface area contributed by atoms with E-state index in [-0.39, 0.29) is 52.4 Å². The van der Waals surface area contributed by atoms with Crippen molar-refractivity contribution in [1.82, 2.24) is 9.80 Å². The molecule has 2 bridgehead atoms. The number of piperidine rings is 1. The number of piperazine rings is 1. The van der Waals surface area contributed by atoms with Gasteiger partial charge in [0.25, 0.3) is 0 Å². The second-order valence-electron chi connectivity index (χ2n) is 15.1. The Labute approximate surface area is 222 Å². The molecule has 5 heteroatoms. The lowest BCUT2D eigenvalue weighted by molar-refractivity contribution is -0.164. The Hall–Kier alpha value is -2.04. The van der Waals surface area contributed by atoms with Gasteiger partial charge in [-0.1, -0.05) is 59.2 Å². The smallest absolute Gasteiger partial charge is 0.247 e. The van der Waals surface area contributed by atoms with Crippen LogP contribution in [0.2, 0.25) is 0 Å². The van der Waals surface area contributed by atoms with Gasteiger partial charge in [0.2, 0.25) is 11.8 Å². The maximum Gasteiger partial charge on any atom is 0.247 e. The summed E-state index contributed by atoms with van der Waals surface area (Å²) in [5.41, 5.74) is 3.18. The number of amides is 2. The van der Waals surface area contributed by atoms with E-state index in [9.17, 15) is 9.59 Å². The predicted molar refractivity (Wildman–Crippen MR) is 146 cm³/mol. The molecule has 37 heavy (non-hydrogen) atoms. The number of benzene rings is 1. The zero-order chi connectivity index (χ0) is 26.3. The molecule has 2 amide bonds. The minimum absolute atomic E-state index is 0.0195. The van der Waals surface area contributed by atoms with Crippen LogP contribution in [0.3, 0.4) is 0 Å². The fourth-order valence-corrected chi connectivity index (χ4v) is 11.3. The molecular weight excluding hydrogens is 458 g/mol. The molecule has 2 aliphatic carbocycles. The van der Waals surface area contributed by atoms with Crippen molar-refractivity contribution in [3.05, 3.63) is 29.8 Å². The number of likely N-dealkylation sites (N-methyl/N-ethyl adjacent to an activating group) is 1. The van der Waals surface area contributed by atoms with E-state index < -0.39 is 0 Å². The van der Waals surface area contributed by atoms with Crippen LogP contribution in [0.25, 0.3) is 0 Å². The van der Waals surface area contributed by atoms with Crippen molar-refractivity contribution in [3.8, 4) is 0 Å². The van der Waals surface area contributed by atoms with Gasteiger partial charge in [0.05, 0.1) is 0 Å². The van der Waals surface area contributed by atoms with E-state index in [1.54, 1.807) is 4.90 Å². The van der Waals surface area contributed by atoms with E-state index in [2.05, 4.69) is 75.6 Å². The molecule has 0 aromatic heterocycles. The van der Waals surface area contributed by atoms with Crippen LogP contribution in [0.1, 0.15) is 92.1 Å². The van der Waals surface area contributed by atoms with Crippen LogP contribution < -0.4 is 4.90 Å². The molecule has 200 valence electrons. The van der Waals surface area contributed by atoms with E-state index in [0.717, 1.165) is 25.2 Å². The number of fused-ring (bicyclic) bond motifs is 7. The predicted octanol–water partition coefficient (Wildman–Crippen LogP) is 5.57. The third kappa shape index (κ3) is 2.62. The molecule has 0 unspecified atom stereocenters. The van der Waals surface area contributed by atoms with Gasteiger partial charge in [-0.25, -0.2) is 0 Å². The van der Waals surface area contributed by atoms with Crippen molar-refractivity contribution < 1.29 is 9.59 Å². The topological polar surface area (TPSA) is 43.9 Å². The molecule has 0 spiro atoms. The van der Waals surface area contributed by atoms with Gasteiger partial charge in [-0.05, 0) is 85.7 Å². The second kappa shape index (κ2) is 7.12. The molecule has 2 saturated carbocycles. The molecule has 5 nitrogen and oxygen atoms in total. The van der Waals surface area contributed by atoms with Gasteiger partial charge in [-0.15, -0.1) is 0 Å². The summed E-state index contributed by atoms with van der Waals surface area (Å²) in [6.45, 7) is 14.3. The third-order valence-corrected chi connectivity index (χ3v) is 12.7. The number of carbonyl (C=O) groups is 2. The quantitative estimate of drug-likeness (QED) is 0.503. The van der Waals surface area contributed by atoms with E-state index >= 15 is 0 Å². The summed E-state index contributed by atoms with van der Waals surface area (Å²) in [5, 5.41) is 0. The van der Waals surface area contributed by atoms with Crippen molar-refractivity contribution >= 4 is 17.5 Å². The third-order valence-electron chi connectivity index (χ3n) is 12.7. The number of carbonyl (C=O) groups excluding carboxylic acids is 2. The maximum atomic E-state index is 14.3. The first-order chi connectivity index (χ1) is 17.4. The molecule has 4 heterocycles. The summed E-state index contributed by atoms with van der Waals surface area (Å²) in [7, 11) is 1.85. The zero-order valence-electron chi connectivity index (χ0n) is 23.9. The normalized spacial score (nSPS) is 45.4. The lowest BCUT2D eigenvalue weighted by Gasteiger charge is -2.68. The number of hydrogen-bond acceptors (Lipinski definition) is 3. The number of para-hydroxylation sites is 1. The zero-order valence-corrected chi connectivity index (χ0v) is 23.9. The lowest BCUT2D eigenvalue weighted by Crippen LogP contribution is -2.74. The molecular formula is C32H45N3O2. The minimum Gasteiger partial charge on any atom is -0.344 e. The average molecular weight is 504 g/mol. The number of nitrogens with zero attached hydrogens (tertiary/aromatic N) is 3. The second-order valence-corrected chi connectivity index (χ2v) is 15.1. The average Bonchev–Trinajstić information content (AvgIpc) is 3.27. The van der Waals surface area contributed by atoms with Crippen molar-refractivity contribution in [2.45, 2.75) is 116 Å². The van der Waals surface area contributed by atoms with Gasteiger partial charge in [-0.3, -0.25) is 9.59 Å². The van der Waals surface area contributed by atoms with Crippen molar-refractivity contribution in [2.75, 3.05) is 11.9 Å². The Bertz CT molecular complexity index is 1190. The summed E-state index contributed by atoms with van der Waals surface area (Å²) >= 11 is 0. The van der Waals surface area contributed by atoms with E-state index in [4.69, 9.17) is 0 Å². The summed E-state index contributed by atoms with van der Waals surface area (Å²) < 4.78 is 0. The van der Waals surface area contributed by atoms with Crippen LogP contribution in [-0.2, 0) is 15.0 Å². The largest absolute Gasteiger partial charge is 0.344 e. The maximum absolute atomic E-state index is 14.3. The van der Waals surface area contributed by atoms with Gasteiger partial charge in [0.15, 0.2) is 0 Å². The molecule has 3 saturated heterocycles. The van der Waals surface area contributed by atoms with Gasteiger partial charge >= 0.3 is 0 Å². The van der Waals surface area contributed by atoms with Crippen LogP contribution in [0.15, 0.2) is 24.3 Å². The van der Waals surface area contributed by atoms with Gasteiger partial charge in [0, 0.05) is 23.7 Å². The number of rotatable bonds is 1. The monoisotopic (exact) mass is 503 g/mol. The molecule has 7 rings (SSSR count). The van der Waals surface area contributed by atoms with Crippen LogP contribution in [0.5, 0.6) is 0 Å². The molecule has 0 N–H and O–H groups in total. The molecule has 0 radical (unpaired) electrons. The van der Waals surface area contributed by atoms with Crippen LogP contribution >= 0.6 is 0 Å². The molecule has 4 aliphatic heterocycles. The van der Waals surface area contributed by atoms with E-state index in [1.165, 1.54) is 36.9 Å². The number of hydrogen-bond donors (Lipinski definition) is 0. The molecule has 6 aliphatic rings. The highest BCUT2D eigenvalue weighted by Crippen LogP contribution is 2.72. The van der Waals surface area contributed by atoms with Gasteiger partial charge < -0.3 is 14.7 Å². The Morgan fingerprint density at radius 1 is 0.919 bits per heavy atom.